The van der Waals surface area contributed by atoms with Crippen LogP contribution in [0, 0.1) is 0 Å². The summed E-state index contributed by atoms with van der Waals surface area (Å²) in [5.41, 5.74) is 2.16. The van der Waals surface area contributed by atoms with E-state index in [-0.39, 0.29) is 0 Å². The van der Waals surface area contributed by atoms with Crippen LogP contribution < -0.4 is 10.6 Å². The number of nitrogens with one attached hydrogen (secondary N) is 2. The van der Waals surface area contributed by atoms with E-state index in [1.54, 1.807) is 24.3 Å². The van der Waals surface area contributed by atoms with Crippen LogP contribution in [-0.2, 0) is 16.0 Å². The molecule has 0 fully saturated rings. The van der Waals surface area contributed by atoms with Gasteiger partial charge in [0.15, 0.2) is 0 Å². The van der Waals surface area contributed by atoms with Crippen LogP contribution in [0.15, 0.2) is 48.5 Å². The predicted octanol–water partition coefficient (Wildman–Crippen LogP) is 2.05. The first-order valence-corrected chi connectivity index (χ1v) is 7.56. The fourth-order valence-electron chi connectivity index (χ4n) is 2.70. The second kappa shape index (κ2) is 6.40. The van der Waals surface area contributed by atoms with Gasteiger partial charge < -0.3 is 15.7 Å². The standard InChI is InChI=1S/C17H15ClN2O3/c18-12-7-3-4-8-13(12)19-16(22)17(23)20-15-11-6-2-1-5-10(11)9-14(15)21/h1-8,14-15,21H,9H2,(H,19,22)(H,20,23)/t14-,15+/m1/s1. The SMILES string of the molecule is O=C(Nc1ccccc1Cl)C(=O)N[C@H]1c2ccccc2C[C@H]1O. The number of hydrogen-bond donors (Lipinski definition) is 3. The quantitative estimate of drug-likeness (QED) is 0.737. The largest absolute Gasteiger partial charge is 0.390 e. The van der Waals surface area contributed by atoms with Crippen LogP contribution in [0.2, 0.25) is 5.02 Å². The third-order valence-corrected chi connectivity index (χ3v) is 4.15. The molecule has 23 heavy (non-hydrogen) atoms. The number of hydrogen-bond acceptors (Lipinski definition) is 3. The van der Waals surface area contributed by atoms with Crippen LogP contribution in [0.3, 0.4) is 0 Å². The normalized spacial score (nSPS) is 19.0. The van der Waals surface area contributed by atoms with Gasteiger partial charge in [-0.2, -0.15) is 0 Å². The van der Waals surface area contributed by atoms with Crippen molar-refractivity contribution >= 4 is 29.1 Å². The second-order valence-electron chi connectivity index (χ2n) is 5.36. The van der Waals surface area contributed by atoms with Crippen molar-refractivity contribution in [1.82, 2.24) is 5.32 Å². The average Bonchev–Trinajstić information content (AvgIpc) is 2.85. The van der Waals surface area contributed by atoms with Crippen LogP contribution in [0.25, 0.3) is 0 Å². The smallest absolute Gasteiger partial charge is 0.313 e. The minimum Gasteiger partial charge on any atom is -0.390 e. The molecule has 0 heterocycles. The van der Waals surface area contributed by atoms with E-state index in [2.05, 4.69) is 10.6 Å². The Bertz CT molecular complexity index is 763. The van der Waals surface area contributed by atoms with Gasteiger partial charge in [-0.15, -0.1) is 0 Å². The number of carbonyl (C=O) groups is 2. The third kappa shape index (κ3) is 3.21. The summed E-state index contributed by atoms with van der Waals surface area (Å²) in [7, 11) is 0. The van der Waals surface area contributed by atoms with Crippen molar-refractivity contribution in [2.24, 2.45) is 0 Å². The molecule has 0 bridgehead atoms. The molecule has 118 valence electrons. The van der Waals surface area contributed by atoms with Crippen molar-refractivity contribution in [3.8, 4) is 0 Å². The van der Waals surface area contributed by atoms with Crippen LogP contribution in [0.5, 0.6) is 0 Å². The molecule has 2 amide bonds. The number of aliphatic hydroxyl groups excluding tert-OH is 1. The number of aliphatic hydroxyl groups is 1. The summed E-state index contributed by atoms with van der Waals surface area (Å²) in [5.74, 6) is -1.64. The van der Waals surface area contributed by atoms with E-state index in [9.17, 15) is 14.7 Å². The van der Waals surface area contributed by atoms with Gasteiger partial charge in [-0.3, -0.25) is 9.59 Å². The van der Waals surface area contributed by atoms with Gasteiger partial charge in [0.25, 0.3) is 0 Å². The lowest BCUT2D eigenvalue weighted by molar-refractivity contribution is -0.137. The molecular formula is C17H15ClN2O3. The zero-order valence-electron chi connectivity index (χ0n) is 12.1. The summed E-state index contributed by atoms with van der Waals surface area (Å²) in [4.78, 5) is 24.1. The minimum absolute atomic E-state index is 0.347. The first-order chi connectivity index (χ1) is 11.1. The van der Waals surface area contributed by atoms with E-state index < -0.39 is 24.0 Å². The number of carbonyl (C=O) groups excluding carboxylic acids is 2. The van der Waals surface area contributed by atoms with Crippen molar-refractivity contribution < 1.29 is 14.7 Å². The molecule has 5 nitrogen and oxygen atoms in total. The molecule has 0 radical (unpaired) electrons. The lowest BCUT2D eigenvalue weighted by Gasteiger charge is -2.17. The zero-order chi connectivity index (χ0) is 16.4. The van der Waals surface area contributed by atoms with Gasteiger partial charge in [0, 0.05) is 6.42 Å². The predicted molar refractivity (Wildman–Crippen MR) is 87.1 cm³/mol. The van der Waals surface area contributed by atoms with Crippen LogP contribution in [0.1, 0.15) is 17.2 Å². The number of benzene rings is 2. The molecule has 2 aromatic rings. The maximum Gasteiger partial charge on any atom is 0.313 e. The molecule has 2 aromatic carbocycles. The Morgan fingerprint density at radius 1 is 1.04 bits per heavy atom. The lowest BCUT2D eigenvalue weighted by atomic mass is 10.1. The van der Waals surface area contributed by atoms with Crippen molar-refractivity contribution in [1.29, 1.82) is 0 Å². The Morgan fingerprint density at radius 2 is 1.74 bits per heavy atom. The summed E-state index contributed by atoms with van der Waals surface area (Å²) < 4.78 is 0. The molecule has 1 aliphatic rings. The molecule has 0 aliphatic heterocycles. The number of amides is 2. The van der Waals surface area contributed by atoms with Crippen LogP contribution in [-0.4, -0.2) is 23.0 Å². The van der Waals surface area contributed by atoms with Gasteiger partial charge >= 0.3 is 11.8 Å². The number of para-hydroxylation sites is 1. The Hall–Kier alpha value is -2.37. The highest BCUT2D eigenvalue weighted by atomic mass is 35.5. The molecule has 0 spiro atoms. The highest BCUT2D eigenvalue weighted by Gasteiger charge is 2.33. The monoisotopic (exact) mass is 330 g/mol. The Labute approximate surface area is 138 Å². The van der Waals surface area contributed by atoms with E-state index in [1.165, 1.54) is 0 Å². The molecule has 0 unspecified atom stereocenters. The van der Waals surface area contributed by atoms with Gasteiger partial charge in [-0.25, -0.2) is 0 Å². The highest BCUT2D eigenvalue weighted by molar-refractivity contribution is 6.41. The Kier molecular flexibility index (Phi) is 4.32. The van der Waals surface area contributed by atoms with Crippen molar-refractivity contribution in [2.45, 2.75) is 18.6 Å². The molecule has 0 saturated carbocycles. The van der Waals surface area contributed by atoms with Gasteiger partial charge in [0.1, 0.15) is 0 Å². The third-order valence-electron chi connectivity index (χ3n) is 3.82. The Balaban J connectivity index is 1.70. The van der Waals surface area contributed by atoms with Crippen LogP contribution >= 0.6 is 11.6 Å². The van der Waals surface area contributed by atoms with E-state index in [1.807, 2.05) is 24.3 Å². The summed E-state index contributed by atoms with van der Waals surface area (Å²) in [6, 6.07) is 13.5. The summed E-state index contributed by atoms with van der Waals surface area (Å²) in [6.45, 7) is 0. The summed E-state index contributed by atoms with van der Waals surface area (Å²) in [6.07, 6.45) is -0.294. The van der Waals surface area contributed by atoms with E-state index in [0.29, 0.717) is 17.1 Å². The van der Waals surface area contributed by atoms with Crippen molar-refractivity contribution in [3.63, 3.8) is 0 Å². The highest BCUT2D eigenvalue weighted by Crippen LogP contribution is 2.31. The zero-order valence-corrected chi connectivity index (χ0v) is 12.9. The number of fused-ring (bicyclic) bond motifs is 1. The molecular weight excluding hydrogens is 316 g/mol. The van der Waals surface area contributed by atoms with Crippen molar-refractivity contribution in [2.75, 3.05) is 5.32 Å². The molecule has 2 atom stereocenters. The molecule has 1 aliphatic carbocycles. The molecule has 3 N–H and O–H groups in total. The lowest BCUT2D eigenvalue weighted by Crippen LogP contribution is -2.40. The number of anilines is 1. The molecule has 6 heteroatoms. The van der Waals surface area contributed by atoms with Gasteiger partial charge in [0.05, 0.1) is 22.9 Å². The van der Waals surface area contributed by atoms with Gasteiger partial charge in [0.2, 0.25) is 0 Å². The number of rotatable bonds is 2. The van der Waals surface area contributed by atoms with Crippen molar-refractivity contribution in [3.05, 3.63) is 64.7 Å². The summed E-state index contributed by atoms with van der Waals surface area (Å²) in [5, 5.41) is 15.5. The van der Waals surface area contributed by atoms with Crippen LogP contribution in [0.4, 0.5) is 5.69 Å². The topological polar surface area (TPSA) is 78.4 Å². The van der Waals surface area contributed by atoms with Gasteiger partial charge in [-0.05, 0) is 23.3 Å². The minimum atomic E-state index is -0.824. The van der Waals surface area contributed by atoms with E-state index in [4.69, 9.17) is 11.6 Å². The second-order valence-corrected chi connectivity index (χ2v) is 5.76. The van der Waals surface area contributed by atoms with E-state index >= 15 is 0 Å². The van der Waals surface area contributed by atoms with E-state index in [0.717, 1.165) is 11.1 Å². The maximum absolute atomic E-state index is 12.1. The fourth-order valence-corrected chi connectivity index (χ4v) is 2.88. The first kappa shape index (κ1) is 15.5. The molecule has 0 saturated heterocycles. The summed E-state index contributed by atoms with van der Waals surface area (Å²) >= 11 is 5.95. The fraction of sp³-hybridized carbons (Fsp3) is 0.176. The average molecular weight is 331 g/mol. The maximum atomic E-state index is 12.1. The first-order valence-electron chi connectivity index (χ1n) is 7.18. The molecule has 0 aromatic heterocycles. The van der Waals surface area contributed by atoms with Gasteiger partial charge in [-0.1, -0.05) is 48.0 Å². The molecule has 3 rings (SSSR count). The number of halogens is 1. The Morgan fingerprint density at radius 3 is 2.52 bits per heavy atom.